The Morgan fingerprint density at radius 1 is 1.33 bits per heavy atom. The Hall–Kier alpha value is -1.23. The Morgan fingerprint density at radius 3 is 2.57 bits per heavy atom. The molecule has 2 unspecified atom stereocenters. The van der Waals surface area contributed by atoms with E-state index >= 15 is 0 Å². The second kappa shape index (κ2) is 5.87. The molecule has 0 aromatic heterocycles. The van der Waals surface area contributed by atoms with E-state index in [1.807, 2.05) is 0 Å². The molecule has 0 spiro atoms. The molecule has 3 rings (SSSR count). The minimum Gasteiger partial charge on any atom is -0.494 e. The number of carbonyl (C=O) groups excluding carboxylic acids is 1. The lowest BCUT2D eigenvalue weighted by atomic mass is 9.91. The molecule has 2 bridgehead atoms. The van der Waals surface area contributed by atoms with Gasteiger partial charge in [-0.2, -0.15) is 0 Å². The van der Waals surface area contributed by atoms with Gasteiger partial charge in [-0.1, -0.05) is 6.07 Å². The Bertz CT molecular complexity index is 571. The number of ketones is 1. The number of rotatable bonds is 4. The van der Waals surface area contributed by atoms with Crippen LogP contribution in [0.15, 0.2) is 18.2 Å². The van der Waals surface area contributed by atoms with E-state index in [9.17, 15) is 13.4 Å². The predicted octanol–water partition coefficient (Wildman–Crippen LogP) is 2.64. The van der Waals surface area contributed by atoms with Crippen LogP contribution in [-0.2, 0) is 22.0 Å². The minimum atomic E-state index is -0.739. The molecule has 0 aliphatic carbocycles. The maximum atomic E-state index is 13.7. The molecule has 5 heteroatoms. The zero-order valence-electron chi connectivity index (χ0n) is 12.0. The molecule has 0 N–H and O–H groups in total. The zero-order valence-corrected chi connectivity index (χ0v) is 12.8. The number of halogens is 1. The second-order valence-electron chi connectivity index (χ2n) is 5.93. The van der Waals surface area contributed by atoms with Crippen LogP contribution in [0.4, 0.5) is 4.39 Å². The van der Waals surface area contributed by atoms with Crippen molar-refractivity contribution in [2.24, 2.45) is 5.92 Å². The fourth-order valence-corrected chi connectivity index (χ4v) is 5.59. The van der Waals surface area contributed by atoms with Gasteiger partial charge in [0, 0.05) is 33.6 Å². The third kappa shape index (κ3) is 2.89. The van der Waals surface area contributed by atoms with Crippen molar-refractivity contribution in [1.29, 1.82) is 0 Å². The first-order valence-electron chi connectivity index (χ1n) is 7.33. The lowest BCUT2D eigenvalue weighted by Crippen LogP contribution is -2.32. The topological polar surface area (TPSA) is 43.4 Å². The van der Waals surface area contributed by atoms with Gasteiger partial charge in [0.25, 0.3) is 0 Å². The molecule has 0 amide bonds. The summed E-state index contributed by atoms with van der Waals surface area (Å²) in [5, 5.41) is 0.399. The molecular formula is C16H19FO3S. The van der Waals surface area contributed by atoms with E-state index in [0.29, 0.717) is 5.56 Å². The summed E-state index contributed by atoms with van der Waals surface area (Å²) in [6.07, 6.45) is 3.69. The minimum absolute atomic E-state index is 0.00892. The summed E-state index contributed by atoms with van der Waals surface area (Å²) in [5.41, 5.74) is 0.678. The molecule has 2 saturated heterocycles. The molecule has 1 aromatic rings. The average molecular weight is 310 g/mol. The van der Waals surface area contributed by atoms with Crippen molar-refractivity contribution in [3.63, 3.8) is 0 Å². The zero-order chi connectivity index (χ0) is 15.0. The third-order valence-corrected chi connectivity index (χ3v) is 6.78. The molecule has 2 fully saturated rings. The van der Waals surface area contributed by atoms with Gasteiger partial charge in [0.05, 0.1) is 7.11 Å². The lowest BCUT2D eigenvalue weighted by molar-refractivity contribution is -0.122. The van der Waals surface area contributed by atoms with Crippen molar-refractivity contribution in [3.8, 4) is 5.75 Å². The Kier molecular flexibility index (Phi) is 4.11. The summed E-state index contributed by atoms with van der Waals surface area (Å²) in [7, 11) is 0.679. The SMILES string of the molecule is COc1ccc(CC(=O)C2CC3CCC(C2)S3=O)cc1F. The summed E-state index contributed by atoms with van der Waals surface area (Å²) in [4.78, 5) is 12.4. The number of fused-ring (bicyclic) bond motifs is 2. The first kappa shape index (κ1) is 14.7. The molecule has 3 nitrogen and oxygen atoms in total. The van der Waals surface area contributed by atoms with Crippen molar-refractivity contribution in [2.75, 3.05) is 7.11 Å². The van der Waals surface area contributed by atoms with E-state index < -0.39 is 16.6 Å². The van der Waals surface area contributed by atoms with Crippen molar-refractivity contribution in [1.82, 2.24) is 0 Å². The highest BCUT2D eigenvalue weighted by molar-refractivity contribution is 7.86. The molecule has 2 atom stereocenters. The van der Waals surface area contributed by atoms with Crippen LogP contribution in [0.3, 0.4) is 0 Å². The highest BCUT2D eigenvalue weighted by Gasteiger charge is 2.42. The quantitative estimate of drug-likeness (QED) is 0.858. The van der Waals surface area contributed by atoms with Crippen LogP contribution >= 0.6 is 0 Å². The van der Waals surface area contributed by atoms with Gasteiger partial charge in [-0.25, -0.2) is 4.39 Å². The highest BCUT2D eigenvalue weighted by atomic mass is 32.2. The third-order valence-electron chi connectivity index (χ3n) is 4.61. The van der Waals surface area contributed by atoms with E-state index in [1.165, 1.54) is 13.2 Å². The Morgan fingerprint density at radius 2 is 2.00 bits per heavy atom. The van der Waals surface area contributed by atoms with Crippen LogP contribution in [0.2, 0.25) is 0 Å². The molecule has 114 valence electrons. The molecule has 0 saturated carbocycles. The van der Waals surface area contributed by atoms with E-state index in [0.717, 1.165) is 25.7 Å². The lowest BCUT2D eigenvalue weighted by Gasteiger charge is -2.26. The number of carbonyl (C=O) groups is 1. The maximum absolute atomic E-state index is 13.7. The highest BCUT2D eigenvalue weighted by Crippen LogP contribution is 2.39. The maximum Gasteiger partial charge on any atom is 0.165 e. The van der Waals surface area contributed by atoms with Crippen LogP contribution in [0.1, 0.15) is 31.2 Å². The number of ether oxygens (including phenoxy) is 1. The second-order valence-corrected chi connectivity index (χ2v) is 7.92. The van der Waals surface area contributed by atoms with E-state index in [4.69, 9.17) is 4.74 Å². The first-order chi connectivity index (χ1) is 10.1. The van der Waals surface area contributed by atoms with Gasteiger partial charge in [-0.3, -0.25) is 9.00 Å². The van der Waals surface area contributed by atoms with Gasteiger partial charge in [0.2, 0.25) is 0 Å². The van der Waals surface area contributed by atoms with Gasteiger partial charge in [0.1, 0.15) is 5.78 Å². The van der Waals surface area contributed by atoms with Crippen LogP contribution in [0.25, 0.3) is 0 Å². The molecule has 1 aromatic carbocycles. The summed E-state index contributed by atoms with van der Waals surface area (Å²) in [6, 6.07) is 4.65. The van der Waals surface area contributed by atoms with Gasteiger partial charge < -0.3 is 4.74 Å². The smallest absolute Gasteiger partial charge is 0.165 e. The predicted molar refractivity (Wildman–Crippen MR) is 79.3 cm³/mol. The van der Waals surface area contributed by atoms with Gasteiger partial charge in [0.15, 0.2) is 11.6 Å². The van der Waals surface area contributed by atoms with Crippen molar-refractivity contribution in [3.05, 3.63) is 29.6 Å². The molecule has 2 heterocycles. The van der Waals surface area contributed by atoms with E-state index in [1.54, 1.807) is 12.1 Å². The number of benzene rings is 1. The van der Waals surface area contributed by atoms with Crippen molar-refractivity contribution in [2.45, 2.75) is 42.6 Å². The van der Waals surface area contributed by atoms with Crippen molar-refractivity contribution >= 4 is 16.6 Å². The molecular weight excluding hydrogens is 291 g/mol. The van der Waals surface area contributed by atoms with Gasteiger partial charge >= 0.3 is 0 Å². The van der Waals surface area contributed by atoms with Gasteiger partial charge in [-0.15, -0.1) is 0 Å². The van der Waals surface area contributed by atoms with Crippen LogP contribution in [0, 0.1) is 11.7 Å². The number of hydrogen-bond donors (Lipinski definition) is 0. The largest absolute Gasteiger partial charge is 0.494 e. The number of methoxy groups -OCH3 is 1. The van der Waals surface area contributed by atoms with Crippen LogP contribution in [-0.4, -0.2) is 27.6 Å². The van der Waals surface area contributed by atoms with Crippen LogP contribution < -0.4 is 4.74 Å². The normalized spacial score (nSPS) is 31.1. The molecule has 2 aliphatic heterocycles. The summed E-state index contributed by atoms with van der Waals surface area (Å²) >= 11 is 0. The first-order valence-corrected chi connectivity index (χ1v) is 8.60. The van der Waals surface area contributed by atoms with Crippen LogP contribution in [0.5, 0.6) is 5.75 Å². The monoisotopic (exact) mass is 310 g/mol. The van der Waals surface area contributed by atoms with Gasteiger partial charge in [-0.05, 0) is 43.4 Å². The van der Waals surface area contributed by atoms with E-state index in [-0.39, 0.29) is 34.4 Å². The summed E-state index contributed by atoms with van der Waals surface area (Å²) in [6.45, 7) is 0. The van der Waals surface area contributed by atoms with E-state index in [2.05, 4.69) is 0 Å². The fraction of sp³-hybridized carbons (Fsp3) is 0.562. The molecule has 2 aliphatic rings. The average Bonchev–Trinajstić information content (AvgIpc) is 2.69. The summed E-state index contributed by atoms with van der Waals surface area (Å²) < 4.78 is 30.5. The summed E-state index contributed by atoms with van der Waals surface area (Å²) in [5.74, 6) is -0.108. The standard InChI is InChI=1S/C16H19FO3S/c1-20-16-5-2-10(6-14(16)17)7-15(18)11-8-12-3-4-13(9-11)21(12)19/h2,5-6,11-13H,3-4,7-9H2,1H3. The fourth-order valence-electron chi connectivity index (χ4n) is 3.46. The Labute approximate surface area is 126 Å². The Balaban J connectivity index is 1.67. The number of hydrogen-bond acceptors (Lipinski definition) is 3. The molecule has 0 radical (unpaired) electrons. The number of Topliss-reactive ketones (excluding diaryl/α,β-unsaturated/α-hetero) is 1. The van der Waals surface area contributed by atoms with Crippen molar-refractivity contribution < 1.29 is 18.1 Å². The molecule has 21 heavy (non-hydrogen) atoms.